The van der Waals surface area contributed by atoms with Crippen LogP contribution in [0.5, 0.6) is 5.75 Å². The number of hydrogen-bond acceptors (Lipinski definition) is 7. The van der Waals surface area contributed by atoms with Gasteiger partial charge in [-0.05, 0) is 70.4 Å². The van der Waals surface area contributed by atoms with E-state index in [1.54, 1.807) is 29.8 Å². The molecule has 3 N–H and O–H groups in total. The van der Waals surface area contributed by atoms with Crippen LogP contribution in [0.15, 0.2) is 42.7 Å². The summed E-state index contributed by atoms with van der Waals surface area (Å²) in [5, 5.41) is 22.2. The van der Waals surface area contributed by atoms with Crippen molar-refractivity contribution in [3.05, 3.63) is 42.7 Å². The van der Waals surface area contributed by atoms with Gasteiger partial charge < -0.3 is 15.3 Å². The lowest BCUT2D eigenvalue weighted by molar-refractivity contribution is 0.161. The number of nitrogens with zero attached hydrogens (tertiary/aromatic N) is 4. The fraction of sp³-hybridized carbons (Fsp3) is 0.400. The van der Waals surface area contributed by atoms with Crippen molar-refractivity contribution in [1.29, 1.82) is 0 Å². The summed E-state index contributed by atoms with van der Waals surface area (Å²) in [4.78, 5) is 12.9. The van der Waals surface area contributed by atoms with E-state index in [0.717, 1.165) is 45.1 Å². The van der Waals surface area contributed by atoms with Crippen molar-refractivity contribution in [1.82, 2.24) is 25.5 Å². The SMILES string of the molecule is CN(c1nc2ccc(-c3ccc(-c4cn[nH]c4)cc3O)nc2s1)C1CC(C)(C)NC(C)(C)C1.Cl. The molecule has 0 bridgehead atoms. The molecule has 4 aromatic rings. The molecule has 1 saturated heterocycles. The molecule has 0 radical (unpaired) electrons. The Kier molecular flexibility index (Phi) is 6.35. The van der Waals surface area contributed by atoms with Crippen molar-refractivity contribution >= 4 is 39.2 Å². The highest BCUT2D eigenvalue weighted by Crippen LogP contribution is 2.37. The first-order chi connectivity index (χ1) is 15.6. The highest BCUT2D eigenvalue weighted by atomic mass is 35.5. The van der Waals surface area contributed by atoms with Gasteiger partial charge in [0.1, 0.15) is 16.1 Å². The quantitative estimate of drug-likeness (QED) is 0.338. The van der Waals surface area contributed by atoms with E-state index in [2.05, 4.69) is 55.2 Å². The molecule has 9 heteroatoms. The van der Waals surface area contributed by atoms with E-state index < -0.39 is 0 Å². The molecule has 0 aliphatic carbocycles. The number of pyridine rings is 1. The van der Waals surface area contributed by atoms with Crippen LogP contribution in [0.2, 0.25) is 0 Å². The second-order valence-electron chi connectivity index (χ2n) is 10.3. The van der Waals surface area contributed by atoms with Crippen molar-refractivity contribution in [3.63, 3.8) is 0 Å². The molecule has 0 amide bonds. The van der Waals surface area contributed by atoms with Crippen molar-refractivity contribution < 1.29 is 5.11 Å². The van der Waals surface area contributed by atoms with Gasteiger partial charge in [0.05, 0.1) is 11.9 Å². The standard InChI is InChI=1S/C25H30N6OS.ClH/c1-24(2)11-17(12-25(3,4)30-24)31(5)23-29-20-9-8-19(28-22(20)33-23)18-7-6-15(10-21(18)32)16-13-26-27-14-16;/h6-10,13-14,17,30,32H,11-12H2,1-5H3,(H,26,27);1H. The molecule has 3 aromatic heterocycles. The Bertz CT molecular complexity index is 1280. The second kappa shape index (κ2) is 8.83. The van der Waals surface area contributed by atoms with Crippen LogP contribution in [0.3, 0.4) is 0 Å². The van der Waals surface area contributed by atoms with Gasteiger partial charge in [-0.15, -0.1) is 12.4 Å². The first-order valence-electron chi connectivity index (χ1n) is 11.2. The number of aromatic nitrogens is 4. The van der Waals surface area contributed by atoms with Crippen molar-refractivity contribution in [2.45, 2.75) is 57.7 Å². The number of aromatic amines is 1. The number of benzene rings is 1. The molecule has 7 nitrogen and oxygen atoms in total. The molecule has 1 aliphatic heterocycles. The Labute approximate surface area is 210 Å². The Morgan fingerprint density at radius 3 is 2.41 bits per heavy atom. The van der Waals surface area contributed by atoms with Crippen LogP contribution in [0, 0.1) is 0 Å². The number of phenols is 1. The average Bonchev–Trinajstić information content (AvgIpc) is 3.40. The number of thiazole rings is 1. The molecular formula is C25H31ClN6OS. The molecule has 1 aliphatic rings. The molecule has 0 spiro atoms. The highest BCUT2D eigenvalue weighted by molar-refractivity contribution is 7.21. The smallest absolute Gasteiger partial charge is 0.187 e. The predicted octanol–water partition coefficient (Wildman–Crippen LogP) is 5.62. The number of halogens is 1. The zero-order valence-electron chi connectivity index (χ0n) is 20.1. The third kappa shape index (κ3) is 4.76. The van der Waals surface area contributed by atoms with Gasteiger partial charge in [-0.25, -0.2) is 9.97 Å². The van der Waals surface area contributed by atoms with E-state index in [0.29, 0.717) is 11.6 Å². The van der Waals surface area contributed by atoms with E-state index >= 15 is 0 Å². The van der Waals surface area contributed by atoms with Crippen LogP contribution in [0.25, 0.3) is 32.7 Å². The van der Waals surface area contributed by atoms with Crippen molar-refractivity contribution in [2.75, 3.05) is 11.9 Å². The Morgan fingerprint density at radius 1 is 1.03 bits per heavy atom. The fourth-order valence-electron chi connectivity index (χ4n) is 5.14. The molecule has 1 aromatic carbocycles. The average molecular weight is 499 g/mol. The molecule has 4 heterocycles. The Morgan fingerprint density at radius 2 is 1.76 bits per heavy atom. The van der Waals surface area contributed by atoms with Crippen LogP contribution in [-0.4, -0.2) is 49.4 Å². The topological polar surface area (TPSA) is 90.0 Å². The molecule has 1 fully saturated rings. The lowest BCUT2D eigenvalue weighted by atomic mass is 9.79. The third-order valence-electron chi connectivity index (χ3n) is 6.37. The normalized spacial score (nSPS) is 17.4. The minimum absolute atomic E-state index is 0. The molecule has 5 rings (SSSR count). The van der Waals surface area contributed by atoms with E-state index in [1.165, 1.54) is 0 Å². The maximum Gasteiger partial charge on any atom is 0.187 e. The van der Waals surface area contributed by atoms with Crippen LogP contribution in [0.1, 0.15) is 40.5 Å². The largest absolute Gasteiger partial charge is 0.507 e. The highest BCUT2D eigenvalue weighted by Gasteiger charge is 2.39. The maximum atomic E-state index is 10.7. The number of anilines is 1. The zero-order valence-corrected chi connectivity index (χ0v) is 21.7. The lowest BCUT2D eigenvalue weighted by Gasteiger charge is -2.48. The van der Waals surface area contributed by atoms with Crippen LogP contribution in [0.4, 0.5) is 5.13 Å². The predicted molar refractivity (Wildman–Crippen MR) is 142 cm³/mol. The van der Waals surface area contributed by atoms with E-state index in [9.17, 15) is 5.11 Å². The number of aromatic hydroxyl groups is 1. The Balaban J connectivity index is 0.00000274. The van der Waals surface area contributed by atoms with Gasteiger partial charge in [-0.2, -0.15) is 5.10 Å². The molecule has 34 heavy (non-hydrogen) atoms. The van der Waals surface area contributed by atoms with Gasteiger partial charge in [0.2, 0.25) is 0 Å². The molecule has 0 saturated carbocycles. The number of hydrogen-bond donors (Lipinski definition) is 3. The van der Waals surface area contributed by atoms with Gasteiger partial charge in [0.15, 0.2) is 5.13 Å². The number of phenolic OH excluding ortho intramolecular Hbond substituents is 1. The molecular weight excluding hydrogens is 468 g/mol. The summed E-state index contributed by atoms with van der Waals surface area (Å²) in [5.74, 6) is 0.196. The van der Waals surface area contributed by atoms with Crippen molar-refractivity contribution in [3.8, 4) is 28.1 Å². The van der Waals surface area contributed by atoms with Gasteiger partial charge >= 0.3 is 0 Å². The summed E-state index contributed by atoms with van der Waals surface area (Å²) < 4.78 is 0. The van der Waals surface area contributed by atoms with Crippen molar-refractivity contribution in [2.24, 2.45) is 0 Å². The van der Waals surface area contributed by atoms with Gasteiger partial charge in [-0.1, -0.05) is 17.4 Å². The van der Waals surface area contributed by atoms with Crippen LogP contribution < -0.4 is 10.2 Å². The first kappa shape index (κ1) is 24.4. The summed E-state index contributed by atoms with van der Waals surface area (Å²) >= 11 is 1.60. The third-order valence-corrected chi connectivity index (χ3v) is 7.42. The van der Waals surface area contributed by atoms with Gasteiger partial charge in [0.25, 0.3) is 0 Å². The number of H-pyrrole nitrogens is 1. The summed E-state index contributed by atoms with van der Waals surface area (Å²) in [7, 11) is 2.14. The Hall–Kier alpha value is -2.68. The number of fused-ring (bicyclic) bond motifs is 1. The summed E-state index contributed by atoms with van der Waals surface area (Å²) in [5.41, 5.74) is 4.30. The zero-order chi connectivity index (χ0) is 23.4. The fourth-order valence-corrected chi connectivity index (χ4v) is 6.11. The van der Waals surface area contributed by atoms with E-state index in [1.807, 2.05) is 24.3 Å². The maximum absolute atomic E-state index is 10.7. The van der Waals surface area contributed by atoms with E-state index in [4.69, 9.17) is 9.97 Å². The van der Waals surface area contributed by atoms with Crippen LogP contribution >= 0.6 is 23.7 Å². The van der Waals surface area contributed by atoms with Gasteiger partial charge in [-0.3, -0.25) is 5.10 Å². The van der Waals surface area contributed by atoms with Crippen LogP contribution in [-0.2, 0) is 0 Å². The minimum atomic E-state index is 0. The number of nitrogens with one attached hydrogen (secondary N) is 2. The summed E-state index contributed by atoms with van der Waals surface area (Å²) in [6.07, 6.45) is 5.65. The number of rotatable bonds is 4. The number of piperidine rings is 1. The van der Waals surface area contributed by atoms with E-state index in [-0.39, 0.29) is 29.2 Å². The lowest BCUT2D eigenvalue weighted by Crippen LogP contribution is -2.61. The molecule has 0 atom stereocenters. The first-order valence-corrected chi connectivity index (χ1v) is 12.0. The van der Waals surface area contributed by atoms with Gasteiger partial charge in [0, 0.05) is 41.5 Å². The summed E-state index contributed by atoms with van der Waals surface area (Å²) in [6, 6.07) is 9.94. The molecule has 180 valence electrons. The summed E-state index contributed by atoms with van der Waals surface area (Å²) in [6.45, 7) is 9.08. The molecule has 0 unspecified atom stereocenters. The second-order valence-corrected chi connectivity index (χ2v) is 11.3. The minimum Gasteiger partial charge on any atom is -0.507 e. The monoisotopic (exact) mass is 498 g/mol.